The van der Waals surface area contributed by atoms with Gasteiger partial charge in [-0.25, -0.2) is 0 Å². The van der Waals surface area contributed by atoms with Gasteiger partial charge >= 0.3 is 6.18 Å². The molecule has 0 bridgehead atoms. The molecule has 1 aromatic rings. The van der Waals surface area contributed by atoms with Crippen molar-refractivity contribution in [2.45, 2.75) is 26.6 Å². The highest BCUT2D eigenvalue weighted by molar-refractivity contribution is 5.18. The van der Waals surface area contributed by atoms with Crippen molar-refractivity contribution >= 4 is 0 Å². The number of aromatic nitrogens is 2. The smallest absolute Gasteiger partial charge is 0.269 e. The Morgan fingerprint density at radius 3 is 2.33 bits per heavy atom. The largest absolute Gasteiger partial charge is 0.420 e. The summed E-state index contributed by atoms with van der Waals surface area (Å²) in [7, 11) is 0. The monoisotopic (exact) mass is 177 g/mol. The summed E-state index contributed by atoms with van der Waals surface area (Å²) in [5.74, 6) is 0. The van der Waals surface area contributed by atoms with E-state index in [0.29, 0.717) is 6.54 Å². The SMILES string of the molecule is CCn1n[c]c(C(F)(F)F)c1C. The lowest BCUT2D eigenvalue weighted by Gasteiger charge is -2.04. The Kier molecular flexibility index (Phi) is 2.12. The average molecular weight is 177 g/mol. The van der Waals surface area contributed by atoms with E-state index in [9.17, 15) is 13.2 Å². The zero-order valence-corrected chi connectivity index (χ0v) is 6.74. The molecule has 0 spiro atoms. The number of hydrogen-bond acceptors (Lipinski definition) is 1. The first kappa shape index (κ1) is 9.09. The zero-order chi connectivity index (χ0) is 9.35. The van der Waals surface area contributed by atoms with Crippen LogP contribution in [0.1, 0.15) is 18.2 Å². The van der Waals surface area contributed by atoms with Crippen LogP contribution in [0, 0.1) is 13.1 Å². The summed E-state index contributed by atoms with van der Waals surface area (Å²) in [4.78, 5) is 0. The second kappa shape index (κ2) is 2.80. The predicted octanol–water partition coefficient (Wildman–Crippen LogP) is 2.03. The summed E-state index contributed by atoms with van der Waals surface area (Å²) < 4.78 is 37.6. The Bertz CT molecular complexity index is 275. The molecule has 1 radical (unpaired) electrons. The first-order valence-electron chi connectivity index (χ1n) is 3.49. The predicted molar refractivity (Wildman–Crippen MR) is 36.5 cm³/mol. The molecule has 0 aliphatic carbocycles. The summed E-state index contributed by atoms with van der Waals surface area (Å²) in [5.41, 5.74) is -0.658. The molecule has 0 amide bonds. The van der Waals surface area contributed by atoms with Crippen LogP contribution in [0.15, 0.2) is 0 Å². The first-order valence-corrected chi connectivity index (χ1v) is 3.49. The van der Waals surface area contributed by atoms with Gasteiger partial charge in [-0.3, -0.25) is 4.68 Å². The quantitative estimate of drug-likeness (QED) is 0.641. The van der Waals surface area contributed by atoms with Gasteiger partial charge in [-0.15, -0.1) is 0 Å². The Labute approximate surface area is 68.0 Å². The lowest BCUT2D eigenvalue weighted by atomic mass is 10.2. The van der Waals surface area contributed by atoms with Crippen molar-refractivity contribution in [3.63, 3.8) is 0 Å². The highest BCUT2D eigenvalue weighted by Crippen LogP contribution is 2.30. The minimum atomic E-state index is -4.34. The Morgan fingerprint density at radius 1 is 1.50 bits per heavy atom. The van der Waals surface area contributed by atoms with E-state index in [1.807, 2.05) is 6.20 Å². The molecule has 5 heteroatoms. The van der Waals surface area contributed by atoms with Crippen LogP contribution in [0.5, 0.6) is 0 Å². The summed E-state index contributed by atoms with van der Waals surface area (Å²) in [6.45, 7) is 3.54. The Hall–Kier alpha value is -1.00. The summed E-state index contributed by atoms with van der Waals surface area (Å²) in [6, 6.07) is 0. The maximum atomic E-state index is 12.1. The number of alkyl halides is 3. The standard InChI is InChI=1S/C7H8F3N2/c1-3-12-5(2)6(4-11-12)7(8,9)10/h3H2,1-2H3. The number of aryl methyl sites for hydroxylation is 1. The van der Waals surface area contributed by atoms with E-state index in [0.717, 1.165) is 0 Å². The molecule has 0 saturated heterocycles. The van der Waals surface area contributed by atoms with Crippen LogP contribution in [0.3, 0.4) is 0 Å². The second-order valence-electron chi connectivity index (χ2n) is 2.39. The van der Waals surface area contributed by atoms with E-state index in [1.165, 1.54) is 11.6 Å². The van der Waals surface area contributed by atoms with E-state index >= 15 is 0 Å². The molecule has 0 fully saturated rings. The molecule has 12 heavy (non-hydrogen) atoms. The lowest BCUT2D eigenvalue weighted by molar-refractivity contribution is -0.138. The summed E-state index contributed by atoms with van der Waals surface area (Å²) >= 11 is 0. The molecule has 1 heterocycles. The Balaban J connectivity index is 3.11. The highest BCUT2D eigenvalue weighted by atomic mass is 19.4. The maximum Gasteiger partial charge on any atom is 0.420 e. The topological polar surface area (TPSA) is 17.8 Å². The van der Waals surface area contributed by atoms with Crippen molar-refractivity contribution < 1.29 is 13.2 Å². The lowest BCUT2D eigenvalue weighted by Crippen LogP contribution is -2.07. The fourth-order valence-electron chi connectivity index (χ4n) is 0.972. The molecule has 1 aromatic heterocycles. The number of hydrogen-bond donors (Lipinski definition) is 0. The van der Waals surface area contributed by atoms with E-state index in [2.05, 4.69) is 5.10 Å². The van der Waals surface area contributed by atoms with Crippen LogP contribution in [0.2, 0.25) is 0 Å². The molecule has 0 aliphatic heterocycles. The van der Waals surface area contributed by atoms with Crippen LogP contribution >= 0.6 is 0 Å². The molecular formula is C7H8F3N2. The van der Waals surface area contributed by atoms with E-state index in [1.54, 1.807) is 6.92 Å². The van der Waals surface area contributed by atoms with E-state index in [4.69, 9.17) is 0 Å². The minimum Gasteiger partial charge on any atom is -0.269 e. The van der Waals surface area contributed by atoms with Gasteiger partial charge in [-0.2, -0.15) is 18.3 Å². The number of rotatable bonds is 1. The van der Waals surface area contributed by atoms with Gasteiger partial charge in [0.15, 0.2) is 0 Å². The molecule has 0 saturated carbocycles. The number of nitrogens with zero attached hydrogens (tertiary/aromatic N) is 2. The average Bonchev–Trinajstić information content (AvgIpc) is 2.29. The molecule has 0 unspecified atom stereocenters. The molecule has 0 aliphatic rings. The van der Waals surface area contributed by atoms with Gasteiger partial charge in [0.1, 0.15) is 11.8 Å². The highest BCUT2D eigenvalue weighted by Gasteiger charge is 2.35. The van der Waals surface area contributed by atoms with Gasteiger partial charge in [0.2, 0.25) is 0 Å². The molecule has 67 valence electrons. The molecule has 1 rings (SSSR count). The van der Waals surface area contributed by atoms with Gasteiger partial charge in [0.05, 0.1) is 0 Å². The molecule has 0 aromatic carbocycles. The van der Waals surface area contributed by atoms with Crippen molar-refractivity contribution in [3.05, 3.63) is 17.5 Å². The zero-order valence-electron chi connectivity index (χ0n) is 6.74. The maximum absolute atomic E-state index is 12.1. The van der Waals surface area contributed by atoms with Crippen LogP contribution in [0.4, 0.5) is 13.2 Å². The van der Waals surface area contributed by atoms with Crippen LogP contribution in [0.25, 0.3) is 0 Å². The van der Waals surface area contributed by atoms with Crippen molar-refractivity contribution in [3.8, 4) is 0 Å². The normalized spacial score (nSPS) is 12.1. The fourth-order valence-corrected chi connectivity index (χ4v) is 0.972. The summed E-state index contributed by atoms with van der Waals surface area (Å²) in [6.07, 6.45) is -2.38. The Morgan fingerprint density at radius 2 is 2.08 bits per heavy atom. The first-order chi connectivity index (χ1) is 5.46. The summed E-state index contributed by atoms with van der Waals surface area (Å²) in [5, 5.41) is 3.47. The minimum absolute atomic E-state index is 0.116. The van der Waals surface area contributed by atoms with Gasteiger partial charge in [-0.1, -0.05) is 0 Å². The molecule has 0 atom stereocenters. The van der Waals surface area contributed by atoms with E-state index in [-0.39, 0.29) is 5.69 Å². The third kappa shape index (κ3) is 1.44. The third-order valence-corrected chi connectivity index (χ3v) is 1.61. The van der Waals surface area contributed by atoms with Gasteiger partial charge in [0, 0.05) is 12.2 Å². The molecule has 0 N–H and O–H groups in total. The van der Waals surface area contributed by atoms with Crippen LogP contribution in [-0.2, 0) is 12.7 Å². The van der Waals surface area contributed by atoms with Gasteiger partial charge in [-0.05, 0) is 13.8 Å². The van der Waals surface area contributed by atoms with Crippen molar-refractivity contribution in [1.29, 1.82) is 0 Å². The van der Waals surface area contributed by atoms with E-state index < -0.39 is 11.7 Å². The van der Waals surface area contributed by atoms with Crippen LogP contribution in [-0.4, -0.2) is 9.78 Å². The van der Waals surface area contributed by atoms with Gasteiger partial charge < -0.3 is 0 Å². The van der Waals surface area contributed by atoms with Crippen molar-refractivity contribution in [2.75, 3.05) is 0 Å². The van der Waals surface area contributed by atoms with Gasteiger partial charge in [0.25, 0.3) is 0 Å². The van der Waals surface area contributed by atoms with Crippen molar-refractivity contribution in [2.24, 2.45) is 0 Å². The third-order valence-electron chi connectivity index (χ3n) is 1.61. The molecular weight excluding hydrogens is 169 g/mol. The fraction of sp³-hybridized carbons (Fsp3) is 0.571. The molecule has 2 nitrogen and oxygen atoms in total. The van der Waals surface area contributed by atoms with Crippen molar-refractivity contribution in [1.82, 2.24) is 9.78 Å². The number of halogens is 3. The van der Waals surface area contributed by atoms with Crippen LogP contribution < -0.4 is 0 Å². The second-order valence-corrected chi connectivity index (χ2v) is 2.39.